The van der Waals surface area contributed by atoms with E-state index in [4.69, 9.17) is 37.4 Å². The molecule has 1 spiro atoms. The molecule has 44 heavy (non-hydrogen) atoms. The monoisotopic (exact) mass is 644 g/mol. The molecule has 2 aliphatic heterocycles. The number of carbonyl (C=O) groups excluding carboxylic acids is 2. The van der Waals surface area contributed by atoms with Crippen LogP contribution in [0.3, 0.4) is 0 Å². The summed E-state index contributed by atoms with van der Waals surface area (Å²) in [5.41, 5.74) is -3.12. The predicted octanol–water partition coefficient (Wildman–Crippen LogP) is 2.25. The van der Waals surface area contributed by atoms with Crippen molar-refractivity contribution in [1.29, 1.82) is 0 Å². The molecule has 6 rings (SSSR count). The second-order valence-electron chi connectivity index (χ2n) is 10.9. The highest BCUT2D eigenvalue weighted by Gasteiger charge is 2.63. The number of hydrogen-bond donors (Lipinski definition) is 3. The van der Waals surface area contributed by atoms with Gasteiger partial charge >= 0.3 is 5.69 Å². The molecule has 0 saturated heterocycles. The fourth-order valence-electron chi connectivity index (χ4n) is 6.41. The molecule has 0 bridgehead atoms. The third kappa shape index (κ3) is 3.83. The highest BCUT2D eigenvalue weighted by Crippen LogP contribution is 2.56. The zero-order valence-electron chi connectivity index (χ0n) is 24.0. The van der Waals surface area contributed by atoms with E-state index in [9.17, 15) is 29.6 Å². The van der Waals surface area contributed by atoms with Gasteiger partial charge in [0.1, 0.15) is 32.9 Å². The number of fused-ring (bicyclic) bond motifs is 2. The number of rotatable bonds is 4. The number of methoxy groups -OCH3 is 2. The minimum atomic E-state index is -2.10. The predicted molar refractivity (Wildman–Crippen MR) is 158 cm³/mol. The molecule has 230 valence electrons. The first-order valence-corrected chi connectivity index (χ1v) is 14.1. The van der Waals surface area contributed by atoms with Gasteiger partial charge in [0.05, 0.1) is 19.8 Å². The Morgan fingerprint density at radius 2 is 1.75 bits per heavy atom. The maximum absolute atomic E-state index is 14.9. The van der Waals surface area contributed by atoms with Crippen LogP contribution < -0.4 is 36.0 Å². The number of aromatic nitrogens is 2. The van der Waals surface area contributed by atoms with E-state index in [1.54, 1.807) is 6.92 Å². The first-order chi connectivity index (χ1) is 20.8. The summed E-state index contributed by atoms with van der Waals surface area (Å²) in [6.45, 7) is 1.67. The van der Waals surface area contributed by atoms with E-state index < -0.39 is 45.5 Å². The number of nitrogens with zero attached hydrogens (tertiary/aromatic N) is 2. The largest absolute Gasteiger partial charge is 0.595 e. The van der Waals surface area contributed by atoms with Crippen molar-refractivity contribution in [2.24, 2.45) is 20.0 Å². The van der Waals surface area contributed by atoms with Crippen molar-refractivity contribution in [1.82, 2.24) is 9.13 Å². The van der Waals surface area contributed by atoms with Crippen molar-refractivity contribution in [3.63, 3.8) is 0 Å². The Balaban J connectivity index is 1.63. The van der Waals surface area contributed by atoms with Gasteiger partial charge in [-0.3, -0.25) is 23.5 Å². The summed E-state index contributed by atoms with van der Waals surface area (Å²) in [7, 11) is 5.50. The number of halogens is 2. The highest BCUT2D eigenvalue weighted by atomic mass is 35.5. The lowest BCUT2D eigenvalue weighted by Gasteiger charge is -2.42. The minimum Gasteiger partial charge on any atom is -0.595 e. The van der Waals surface area contributed by atoms with Gasteiger partial charge in [-0.15, -0.1) is 0 Å². The van der Waals surface area contributed by atoms with E-state index in [0.29, 0.717) is 5.70 Å². The molecule has 4 atom stereocenters. The van der Waals surface area contributed by atoms with Gasteiger partial charge in [-0.25, -0.2) is 10.0 Å². The topological polar surface area (TPSA) is 166 Å². The Morgan fingerprint density at radius 3 is 2.39 bits per heavy atom. The average Bonchev–Trinajstić information content (AvgIpc) is 3.31. The van der Waals surface area contributed by atoms with E-state index in [-0.39, 0.29) is 67.5 Å². The van der Waals surface area contributed by atoms with E-state index in [1.807, 2.05) is 0 Å². The van der Waals surface area contributed by atoms with Crippen molar-refractivity contribution in [3.05, 3.63) is 88.3 Å². The Hall–Kier alpha value is -4.14. The Kier molecular flexibility index (Phi) is 6.94. The van der Waals surface area contributed by atoms with Crippen molar-refractivity contribution in [2.45, 2.75) is 24.9 Å². The molecule has 1 aromatic heterocycles. The first kappa shape index (κ1) is 29.9. The van der Waals surface area contributed by atoms with Gasteiger partial charge < -0.3 is 24.7 Å². The maximum atomic E-state index is 14.9. The summed E-state index contributed by atoms with van der Waals surface area (Å²) in [5.74, 6) is -3.07. The molecule has 3 aliphatic rings. The molecule has 0 saturated carbocycles. The number of allylic oxidation sites excluding steroid dienone is 1. The molecule has 0 amide bonds. The van der Waals surface area contributed by atoms with Crippen molar-refractivity contribution < 1.29 is 34.2 Å². The van der Waals surface area contributed by atoms with E-state index in [1.165, 1.54) is 57.1 Å². The van der Waals surface area contributed by atoms with E-state index >= 15 is 0 Å². The Bertz CT molecular complexity index is 1970. The lowest BCUT2D eigenvalue weighted by molar-refractivity contribution is -0.991. The normalized spacial score (nSPS) is 22.7. The van der Waals surface area contributed by atoms with Crippen LogP contribution >= 0.6 is 23.2 Å². The zero-order chi connectivity index (χ0) is 32.0. The molecular formula is C29H26Cl2N4O9. The fourth-order valence-corrected chi connectivity index (χ4v) is 6.87. The summed E-state index contributed by atoms with van der Waals surface area (Å²) in [4.78, 5) is 55.9. The zero-order valence-corrected chi connectivity index (χ0v) is 25.5. The van der Waals surface area contributed by atoms with Gasteiger partial charge in [-0.2, -0.15) is 5.23 Å². The van der Waals surface area contributed by atoms with Crippen LogP contribution in [0.4, 0.5) is 11.5 Å². The molecule has 3 aromatic rings. The number of carbonyl (C=O) groups is 2. The lowest BCUT2D eigenvalue weighted by Crippen LogP contribution is -2.99. The molecule has 2 aromatic carbocycles. The number of Topliss-reactive ketones (excluding diaryl/α,β-unsaturated/α-hetero) is 2. The van der Waals surface area contributed by atoms with Gasteiger partial charge in [0.15, 0.2) is 11.4 Å². The second kappa shape index (κ2) is 10.2. The number of quaternary nitrogens is 1. The third-order valence-electron chi connectivity index (χ3n) is 8.63. The summed E-state index contributed by atoms with van der Waals surface area (Å²) in [6.07, 6.45) is 0.0799. The van der Waals surface area contributed by atoms with Gasteiger partial charge in [-0.1, -0.05) is 36.2 Å². The Morgan fingerprint density at radius 1 is 1.07 bits per heavy atom. The van der Waals surface area contributed by atoms with E-state index in [2.05, 4.69) is 5.32 Å². The van der Waals surface area contributed by atoms with Crippen LogP contribution in [0.1, 0.15) is 40.7 Å². The highest BCUT2D eigenvalue weighted by molar-refractivity contribution is 6.36. The molecule has 0 fully saturated rings. The van der Waals surface area contributed by atoms with Crippen molar-refractivity contribution in [3.8, 4) is 17.2 Å². The fraction of sp³-hybridized carbons (Fsp3) is 0.310. The molecule has 13 nitrogen and oxygen atoms in total. The molecule has 1 aliphatic carbocycles. The molecule has 3 heterocycles. The van der Waals surface area contributed by atoms with Crippen LogP contribution in [0.15, 0.2) is 45.1 Å². The maximum Gasteiger partial charge on any atom is 0.332 e. The molecule has 15 heteroatoms. The number of anilines is 1. The minimum absolute atomic E-state index is 0.00491. The average molecular weight is 645 g/mol. The number of benzene rings is 2. The number of ketones is 2. The second-order valence-corrected chi connectivity index (χ2v) is 11.6. The van der Waals surface area contributed by atoms with Crippen LogP contribution in [0.25, 0.3) is 0 Å². The van der Waals surface area contributed by atoms with Crippen molar-refractivity contribution in [2.75, 3.05) is 19.5 Å². The quantitative estimate of drug-likeness (QED) is 0.283. The molecular weight excluding hydrogens is 619 g/mol. The SMILES string of the molecule is COc1cc(OC)c2c(c1Cl)O[C@@]1(C(=O)C3=C(C[C@H]1C)Nc1c(c(=O)n(C)c(=O)n1C)C3c1ccc(Cl)c([NH+]([O-])O)c1)C2=O. The molecule has 3 N–H and O–H groups in total. The number of nitrogens with one attached hydrogen (secondary N) is 2. The number of ether oxygens (including phenoxy) is 3. The summed E-state index contributed by atoms with van der Waals surface area (Å²) in [5, 5.41) is 23.6. The molecule has 2 unspecified atom stereocenters. The van der Waals surface area contributed by atoms with Crippen molar-refractivity contribution >= 4 is 46.3 Å². The van der Waals surface area contributed by atoms with Crippen LogP contribution in [-0.4, -0.2) is 45.7 Å². The van der Waals surface area contributed by atoms with Crippen LogP contribution in [-0.2, 0) is 18.9 Å². The van der Waals surface area contributed by atoms with Gasteiger partial charge in [0, 0.05) is 49.3 Å². The summed E-state index contributed by atoms with van der Waals surface area (Å²) < 4.78 is 19.2. The number of hydrogen-bond acceptors (Lipinski definition) is 10. The third-order valence-corrected chi connectivity index (χ3v) is 9.32. The van der Waals surface area contributed by atoms with Gasteiger partial charge in [0.25, 0.3) is 5.56 Å². The van der Waals surface area contributed by atoms with Crippen LogP contribution in [0.2, 0.25) is 10.0 Å². The summed E-state index contributed by atoms with van der Waals surface area (Å²) >= 11 is 12.7. The van der Waals surface area contributed by atoms with E-state index in [0.717, 1.165) is 4.57 Å². The Labute approximate surface area is 259 Å². The standard InChI is InChI=1S/C29H26Cl2N4O9/c1-11-8-14-19(24(36)29(11)25(37)20-16(42-4)10-17(43-5)22(31)23(20)44-29)18(12-6-7-13(30)15(9-12)35(40)41)21-26(32-14)33(2)28(39)34(3)27(21)38/h6-7,9-11,18,32,35,40H,8H2,1-5H3/t11-,18?,29+/m1/s1. The first-order valence-electron chi connectivity index (χ1n) is 13.4. The van der Waals surface area contributed by atoms with Crippen LogP contribution in [0.5, 0.6) is 17.2 Å². The smallest absolute Gasteiger partial charge is 0.332 e. The molecule has 0 radical (unpaired) electrons. The van der Waals surface area contributed by atoms with Crippen LogP contribution in [0, 0.1) is 11.1 Å². The van der Waals surface area contributed by atoms with Gasteiger partial charge in [0.2, 0.25) is 17.2 Å². The van der Waals surface area contributed by atoms with Gasteiger partial charge in [-0.05, 0) is 18.1 Å². The lowest BCUT2D eigenvalue weighted by atomic mass is 9.66. The summed E-state index contributed by atoms with van der Waals surface area (Å²) in [6, 6.07) is 5.55.